The molecule has 8 heteroatoms. The van der Waals surface area contributed by atoms with Crippen LogP contribution in [0.25, 0.3) is 5.69 Å². The van der Waals surface area contributed by atoms with Crippen LogP contribution < -0.4 is 5.32 Å². The molecule has 1 aromatic carbocycles. The fraction of sp³-hybridized carbons (Fsp3) is 0.308. The first-order chi connectivity index (χ1) is 10.0. The Bertz CT molecular complexity index is 680. The van der Waals surface area contributed by atoms with E-state index in [1.807, 2.05) is 6.92 Å². The number of carbonyl (C=O) groups is 1. The Kier molecular flexibility index (Phi) is 4.27. The van der Waals surface area contributed by atoms with Gasteiger partial charge in [0.15, 0.2) is 5.69 Å². The van der Waals surface area contributed by atoms with Crippen molar-refractivity contribution in [2.45, 2.75) is 20.3 Å². The monoisotopic (exact) mass is 289 g/mol. The lowest BCUT2D eigenvalue weighted by molar-refractivity contribution is -0.384. The number of amides is 1. The number of nitrogens with zero attached hydrogens (tertiary/aromatic N) is 4. The third-order valence-electron chi connectivity index (χ3n) is 2.93. The molecule has 0 radical (unpaired) electrons. The first-order valence-corrected chi connectivity index (χ1v) is 6.50. The van der Waals surface area contributed by atoms with Crippen LogP contribution in [0.3, 0.4) is 0 Å². The predicted octanol–water partition coefficient (Wildman–Crippen LogP) is 1.62. The van der Waals surface area contributed by atoms with Gasteiger partial charge in [0.2, 0.25) is 0 Å². The number of hydrogen-bond donors (Lipinski definition) is 1. The van der Waals surface area contributed by atoms with Gasteiger partial charge in [-0.3, -0.25) is 14.9 Å². The van der Waals surface area contributed by atoms with Gasteiger partial charge in [-0.1, -0.05) is 18.2 Å². The summed E-state index contributed by atoms with van der Waals surface area (Å²) >= 11 is 0. The van der Waals surface area contributed by atoms with Crippen molar-refractivity contribution in [3.63, 3.8) is 0 Å². The first-order valence-electron chi connectivity index (χ1n) is 6.50. The molecule has 0 unspecified atom stereocenters. The number of nitrogens with one attached hydrogen (secondary N) is 1. The highest BCUT2D eigenvalue weighted by Crippen LogP contribution is 2.18. The van der Waals surface area contributed by atoms with Crippen LogP contribution in [0.15, 0.2) is 24.3 Å². The van der Waals surface area contributed by atoms with E-state index in [-0.39, 0.29) is 17.3 Å². The molecule has 1 amide bonds. The van der Waals surface area contributed by atoms with Gasteiger partial charge < -0.3 is 5.32 Å². The molecule has 2 aromatic rings. The summed E-state index contributed by atoms with van der Waals surface area (Å²) in [4.78, 5) is 22.2. The van der Waals surface area contributed by atoms with E-state index >= 15 is 0 Å². The Morgan fingerprint density at radius 2 is 2.24 bits per heavy atom. The van der Waals surface area contributed by atoms with Gasteiger partial charge in [0.1, 0.15) is 0 Å². The number of benzene rings is 1. The highest BCUT2D eigenvalue weighted by atomic mass is 16.6. The highest BCUT2D eigenvalue weighted by molar-refractivity contribution is 5.93. The van der Waals surface area contributed by atoms with Gasteiger partial charge in [0.25, 0.3) is 11.6 Å². The molecule has 2 rings (SSSR count). The van der Waals surface area contributed by atoms with Crippen molar-refractivity contribution in [3.8, 4) is 5.69 Å². The molecule has 0 aliphatic heterocycles. The van der Waals surface area contributed by atoms with Crippen LogP contribution in [0.5, 0.6) is 0 Å². The normalized spacial score (nSPS) is 10.4. The van der Waals surface area contributed by atoms with Crippen LogP contribution >= 0.6 is 0 Å². The minimum Gasteiger partial charge on any atom is -0.351 e. The van der Waals surface area contributed by atoms with Gasteiger partial charge in [-0.05, 0) is 19.4 Å². The summed E-state index contributed by atoms with van der Waals surface area (Å²) in [5, 5.41) is 21.3. The van der Waals surface area contributed by atoms with Crippen molar-refractivity contribution < 1.29 is 9.72 Å². The third kappa shape index (κ3) is 3.04. The van der Waals surface area contributed by atoms with E-state index in [0.29, 0.717) is 17.9 Å². The van der Waals surface area contributed by atoms with Gasteiger partial charge in [0.05, 0.1) is 16.3 Å². The first kappa shape index (κ1) is 14.6. The maximum absolute atomic E-state index is 11.9. The molecule has 0 fully saturated rings. The van der Waals surface area contributed by atoms with E-state index in [9.17, 15) is 14.9 Å². The molecule has 0 bridgehead atoms. The number of aromatic nitrogens is 3. The third-order valence-corrected chi connectivity index (χ3v) is 2.93. The predicted molar refractivity (Wildman–Crippen MR) is 75.4 cm³/mol. The Morgan fingerprint density at radius 3 is 2.90 bits per heavy atom. The summed E-state index contributed by atoms with van der Waals surface area (Å²) in [6, 6.07) is 6.01. The van der Waals surface area contributed by atoms with E-state index in [1.54, 1.807) is 19.1 Å². The number of non-ortho nitro benzene ring substituents is 1. The van der Waals surface area contributed by atoms with E-state index in [0.717, 1.165) is 6.42 Å². The zero-order valence-corrected chi connectivity index (χ0v) is 11.7. The maximum Gasteiger partial charge on any atom is 0.273 e. The van der Waals surface area contributed by atoms with Crippen LogP contribution in [0.2, 0.25) is 0 Å². The van der Waals surface area contributed by atoms with Gasteiger partial charge in [-0.2, -0.15) is 0 Å². The van der Waals surface area contributed by atoms with E-state index in [4.69, 9.17) is 0 Å². The minimum atomic E-state index is -0.482. The average Bonchev–Trinajstić information content (AvgIpc) is 2.86. The van der Waals surface area contributed by atoms with E-state index in [1.165, 1.54) is 16.8 Å². The smallest absolute Gasteiger partial charge is 0.273 e. The van der Waals surface area contributed by atoms with Crippen LogP contribution in [0, 0.1) is 17.0 Å². The zero-order chi connectivity index (χ0) is 15.4. The molecule has 0 spiro atoms. The number of rotatable bonds is 5. The summed E-state index contributed by atoms with van der Waals surface area (Å²) in [6.07, 6.45) is 0.823. The molecule has 21 heavy (non-hydrogen) atoms. The Hall–Kier alpha value is -2.77. The molecular weight excluding hydrogens is 274 g/mol. The van der Waals surface area contributed by atoms with Crippen LogP contribution in [0.1, 0.15) is 29.5 Å². The molecule has 0 aliphatic carbocycles. The zero-order valence-electron chi connectivity index (χ0n) is 11.7. The number of nitro groups is 1. The van der Waals surface area contributed by atoms with Gasteiger partial charge >= 0.3 is 0 Å². The number of hydrogen-bond acceptors (Lipinski definition) is 5. The molecule has 8 nitrogen and oxygen atoms in total. The van der Waals surface area contributed by atoms with Crippen molar-refractivity contribution in [2.75, 3.05) is 6.54 Å². The lowest BCUT2D eigenvalue weighted by atomic mass is 10.2. The SMILES string of the molecule is CCCNC(=O)c1nnn(-c2cccc([N+](=O)[O-])c2)c1C. The second-order valence-corrected chi connectivity index (χ2v) is 4.47. The number of carbonyl (C=O) groups excluding carboxylic acids is 1. The van der Waals surface area contributed by atoms with Gasteiger partial charge in [-0.15, -0.1) is 5.10 Å². The lowest BCUT2D eigenvalue weighted by Crippen LogP contribution is -2.25. The topological polar surface area (TPSA) is 103 Å². The molecule has 0 atom stereocenters. The van der Waals surface area contributed by atoms with Crippen molar-refractivity contribution in [1.82, 2.24) is 20.3 Å². The lowest BCUT2D eigenvalue weighted by Gasteiger charge is -2.04. The maximum atomic E-state index is 11.9. The molecule has 0 saturated heterocycles. The molecule has 0 aliphatic rings. The summed E-state index contributed by atoms with van der Waals surface area (Å²) < 4.78 is 1.41. The van der Waals surface area contributed by atoms with Crippen molar-refractivity contribution in [2.24, 2.45) is 0 Å². The summed E-state index contributed by atoms with van der Waals surface area (Å²) in [5.74, 6) is -0.300. The second kappa shape index (κ2) is 6.12. The van der Waals surface area contributed by atoms with Crippen molar-refractivity contribution >= 4 is 11.6 Å². The average molecular weight is 289 g/mol. The molecule has 1 N–H and O–H groups in total. The number of nitro benzene ring substituents is 1. The van der Waals surface area contributed by atoms with Crippen LogP contribution in [0.4, 0.5) is 5.69 Å². The molecule has 1 heterocycles. The largest absolute Gasteiger partial charge is 0.351 e. The second-order valence-electron chi connectivity index (χ2n) is 4.47. The fourth-order valence-corrected chi connectivity index (χ4v) is 1.84. The quantitative estimate of drug-likeness (QED) is 0.665. The Labute approximate surface area is 120 Å². The molecular formula is C13H15N5O3. The van der Waals surface area contributed by atoms with Gasteiger partial charge in [-0.25, -0.2) is 4.68 Å². The van der Waals surface area contributed by atoms with Crippen LogP contribution in [-0.4, -0.2) is 32.4 Å². The molecule has 0 saturated carbocycles. The molecule has 1 aromatic heterocycles. The minimum absolute atomic E-state index is 0.0422. The Morgan fingerprint density at radius 1 is 1.48 bits per heavy atom. The summed E-state index contributed by atoms with van der Waals surface area (Å²) in [7, 11) is 0. The highest BCUT2D eigenvalue weighted by Gasteiger charge is 2.17. The fourth-order valence-electron chi connectivity index (χ4n) is 1.84. The van der Waals surface area contributed by atoms with Gasteiger partial charge in [0, 0.05) is 18.7 Å². The summed E-state index contributed by atoms with van der Waals surface area (Å²) in [6.45, 7) is 4.20. The van der Waals surface area contributed by atoms with Crippen molar-refractivity contribution in [1.29, 1.82) is 0 Å². The van der Waals surface area contributed by atoms with E-state index < -0.39 is 4.92 Å². The van der Waals surface area contributed by atoms with E-state index in [2.05, 4.69) is 15.6 Å². The summed E-state index contributed by atoms with van der Waals surface area (Å²) in [5.41, 5.74) is 1.20. The molecule has 110 valence electrons. The van der Waals surface area contributed by atoms with Crippen LogP contribution in [-0.2, 0) is 0 Å². The Balaban J connectivity index is 2.34. The standard InChI is InChI=1S/C13H15N5O3/c1-3-7-14-13(19)12-9(2)17(16-15-12)10-5-4-6-11(8-10)18(20)21/h4-6,8H,3,7H2,1-2H3,(H,14,19). The van der Waals surface area contributed by atoms with Crippen molar-refractivity contribution in [3.05, 3.63) is 45.8 Å².